The lowest BCUT2D eigenvalue weighted by atomic mass is 10.1. The maximum atomic E-state index is 12.2. The Bertz CT molecular complexity index is 480. The van der Waals surface area contributed by atoms with Crippen LogP contribution in [0.1, 0.15) is 37.0 Å². The van der Waals surface area contributed by atoms with Crippen LogP contribution in [0.5, 0.6) is 0 Å². The number of carbonyl (C=O) groups is 1. The van der Waals surface area contributed by atoms with Crippen LogP contribution in [-0.2, 0) is 11.3 Å². The molecule has 1 aromatic heterocycles. The van der Waals surface area contributed by atoms with Crippen molar-refractivity contribution in [3.63, 3.8) is 0 Å². The molecule has 0 saturated carbocycles. The highest BCUT2D eigenvalue weighted by Gasteiger charge is 2.40. The lowest BCUT2D eigenvalue weighted by molar-refractivity contribution is -0.0885. The maximum absolute atomic E-state index is 12.2. The van der Waals surface area contributed by atoms with Crippen LogP contribution in [0.3, 0.4) is 0 Å². The molecule has 1 fully saturated rings. The van der Waals surface area contributed by atoms with Crippen LogP contribution in [0.25, 0.3) is 0 Å². The summed E-state index contributed by atoms with van der Waals surface area (Å²) < 4.78 is 43.8. The fourth-order valence-corrected chi connectivity index (χ4v) is 2.16. The third-order valence-electron chi connectivity index (χ3n) is 3.10. The summed E-state index contributed by atoms with van der Waals surface area (Å²) in [5.74, 6) is -1.87. The molecule has 0 N–H and O–H groups in total. The minimum Gasteiger partial charge on any atom is -0.370 e. The van der Waals surface area contributed by atoms with Gasteiger partial charge in [0.05, 0.1) is 30.0 Å². The molecule has 0 radical (unpaired) electrons. The lowest BCUT2D eigenvalue weighted by Crippen LogP contribution is -2.23. The Labute approximate surface area is 108 Å². The number of alkyl halides is 3. The normalized spacial score (nSPS) is 22.7. The number of hydrogen-bond acceptors (Lipinski definition) is 3. The molecular formula is C12H15F3N2O2. The number of halogens is 3. The van der Waals surface area contributed by atoms with E-state index in [-0.39, 0.29) is 11.7 Å². The summed E-state index contributed by atoms with van der Waals surface area (Å²) >= 11 is 0. The van der Waals surface area contributed by atoms with Crippen molar-refractivity contribution in [2.45, 2.75) is 51.1 Å². The van der Waals surface area contributed by atoms with Gasteiger partial charge in [0.1, 0.15) is 0 Å². The molecule has 0 aliphatic carbocycles. The number of rotatable bonds is 3. The van der Waals surface area contributed by atoms with Gasteiger partial charge in [-0.2, -0.15) is 18.3 Å². The standard InChI is InChI=1S/C12H15F3N2O2/c1-11(2)4-3-9(19-11)7-17-6-8(5-16-17)10(18)12(13,14)15/h5-6,9H,3-4,7H2,1-2H3. The van der Waals surface area contributed by atoms with E-state index in [1.807, 2.05) is 13.8 Å². The average Bonchev–Trinajstić information content (AvgIpc) is 2.83. The molecule has 1 aromatic rings. The zero-order valence-corrected chi connectivity index (χ0v) is 10.7. The van der Waals surface area contributed by atoms with Crippen LogP contribution in [-0.4, -0.2) is 33.4 Å². The third kappa shape index (κ3) is 3.34. The minimum absolute atomic E-state index is 0.0799. The first-order valence-electron chi connectivity index (χ1n) is 5.99. The first-order valence-corrected chi connectivity index (χ1v) is 5.99. The van der Waals surface area contributed by atoms with Crippen molar-refractivity contribution in [2.24, 2.45) is 0 Å². The second-order valence-corrected chi connectivity index (χ2v) is 5.32. The lowest BCUT2D eigenvalue weighted by Gasteiger charge is -2.19. The molecular weight excluding hydrogens is 261 g/mol. The van der Waals surface area contributed by atoms with Gasteiger partial charge in [-0.15, -0.1) is 0 Å². The van der Waals surface area contributed by atoms with E-state index in [9.17, 15) is 18.0 Å². The second kappa shape index (κ2) is 4.63. The molecule has 106 valence electrons. The Morgan fingerprint density at radius 1 is 1.58 bits per heavy atom. The topological polar surface area (TPSA) is 44.1 Å². The summed E-state index contributed by atoms with van der Waals surface area (Å²) in [5, 5.41) is 3.78. The first kappa shape index (κ1) is 14.0. The number of hydrogen-bond donors (Lipinski definition) is 0. The minimum atomic E-state index is -4.86. The number of carbonyl (C=O) groups excluding carboxylic acids is 1. The van der Waals surface area contributed by atoms with E-state index in [1.54, 1.807) is 0 Å². The zero-order chi connectivity index (χ0) is 14.3. The molecule has 19 heavy (non-hydrogen) atoms. The molecule has 0 amide bonds. The Morgan fingerprint density at radius 3 is 2.79 bits per heavy atom. The van der Waals surface area contributed by atoms with Crippen molar-refractivity contribution >= 4 is 5.78 Å². The SMILES string of the molecule is CC1(C)CCC(Cn2cc(C(=O)C(F)(F)F)cn2)O1. The van der Waals surface area contributed by atoms with Crippen LogP contribution in [0.2, 0.25) is 0 Å². The molecule has 0 bridgehead atoms. The second-order valence-electron chi connectivity index (χ2n) is 5.32. The summed E-state index contributed by atoms with van der Waals surface area (Å²) in [6.07, 6.45) is -1.16. The predicted octanol–water partition coefficient (Wildman–Crippen LogP) is 2.59. The highest BCUT2D eigenvalue weighted by molar-refractivity contribution is 5.99. The van der Waals surface area contributed by atoms with E-state index in [4.69, 9.17) is 4.74 Å². The zero-order valence-electron chi connectivity index (χ0n) is 10.7. The fraction of sp³-hybridized carbons (Fsp3) is 0.667. The number of ether oxygens (including phenoxy) is 1. The Hall–Kier alpha value is -1.37. The Kier molecular flexibility index (Phi) is 3.42. The number of nitrogens with zero attached hydrogens (tertiary/aromatic N) is 2. The van der Waals surface area contributed by atoms with E-state index >= 15 is 0 Å². The number of aromatic nitrogens is 2. The third-order valence-corrected chi connectivity index (χ3v) is 3.10. The van der Waals surface area contributed by atoms with E-state index in [1.165, 1.54) is 4.68 Å². The molecule has 0 aromatic carbocycles. The van der Waals surface area contributed by atoms with Gasteiger partial charge in [0.15, 0.2) is 0 Å². The summed E-state index contributed by atoms with van der Waals surface area (Å²) in [7, 11) is 0. The highest BCUT2D eigenvalue weighted by Crippen LogP contribution is 2.30. The molecule has 2 rings (SSSR count). The maximum Gasteiger partial charge on any atom is 0.454 e. The van der Waals surface area contributed by atoms with Gasteiger partial charge in [-0.1, -0.05) is 0 Å². The smallest absolute Gasteiger partial charge is 0.370 e. The summed E-state index contributed by atoms with van der Waals surface area (Å²) in [4.78, 5) is 11.0. The molecule has 1 saturated heterocycles. The van der Waals surface area contributed by atoms with E-state index in [0.717, 1.165) is 25.2 Å². The van der Waals surface area contributed by atoms with Gasteiger partial charge < -0.3 is 4.74 Å². The highest BCUT2D eigenvalue weighted by atomic mass is 19.4. The van der Waals surface area contributed by atoms with Crippen LogP contribution >= 0.6 is 0 Å². The molecule has 1 unspecified atom stereocenters. The molecule has 7 heteroatoms. The molecule has 4 nitrogen and oxygen atoms in total. The van der Waals surface area contributed by atoms with E-state index < -0.39 is 17.5 Å². The Morgan fingerprint density at radius 2 is 2.26 bits per heavy atom. The summed E-state index contributed by atoms with van der Waals surface area (Å²) in [6.45, 7) is 4.29. The van der Waals surface area contributed by atoms with Gasteiger partial charge in [-0.05, 0) is 26.7 Å². The van der Waals surface area contributed by atoms with Gasteiger partial charge in [-0.3, -0.25) is 9.48 Å². The van der Waals surface area contributed by atoms with Crippen LogP contribution in [0.4, 0.5) is 13.2 Å². The van der Waals surface area contributed by atoms with Crippen molar-refractivity contribution in [3.05, 3.63) is 18.0 Å². The van der Waals surface area contributed by atoms with Crippen molar-refractivity contribution in [1.82, 2.24) is 9.78 Å². The van der Waals surface area contributed by atoms with Gasteiger partial charge >= 0.3 is 6.18 Å². The van der Waals surface area contributed by atoms with Gasteiger partial charge in [0, 0.05) is 6.20 Å². The molecule has 1 aliphatic heterocycles. The van der Waals surface area contributed by atoms with Crippen molar-refractivity contribution in [2.75, 3.05) is 0 Å². The fourth-order valence-electron chi connectivity index (χ4n) is 2.16. The van der Waals surface area contributed by atoms with Gasteiger partial charge in [0.2, 0.25) is 0 Å². The number of ketones is 1. The van der Waals surface area contributed by atoms with Gasteiger partial charge in [0.25, 0.3) is 5.78 Å². The van der Waals surface area contributed by atoms with Crippen molar-refractivity contribution in [1.29, 1.82) is 0 Å². The van der Waals surface area contributed by atoms with Crippen LogP contribution < -0.4 is 0 Å². The van der Waals surface area contributed by atoms with E-state index in [0.29, 0.717) is 6.54 Å². The molecule has 1 aliphatic rings. The van der Waals surface area contributed by atoms with Crippen molar-refractivity contribution in [3.8, 4) is 0 Å². The van der Waals surface area contributed by atoms with Crippen molar-refractivity contribution < 1.29 is 22.7 Å². The van der Waals surface area contributed by atoms with Gasteiger partial charge in [-0.25, -0.2) is 0 Å². The monoisotopic (exact) mass is 276 g/mol. The number of Topliss-reactive ketones (excluding diaryl/α,β-unsaturated/α-hetero) is 1. The quantitative estimate of drug-likeness (QED) is 0.797. The largest absolute Gasteiger partial charge is 0.454 e. The molecule has 2 heterocycles. The molecule has 0 spiro atoms. The van der Waals surface area contributed by atoms with Crippen LogP contribution in [0.15, 0.2) is 12.4 Å². The predicted molar refractivity (Wildman–Crippen MR) is 60.8 cm³/mol. The molecule has 1 atom stereocenters. The average molecular weight is 276 g/mol. The van der Waals surface area contributed by atoms with E-state index in [2.05, 4.69) is 5.10 Å². The first-order chi connectivity index (χ1) is 8.67. The summed E-state index contributed by atoms with van der Waals surface area (Å²) in [5.41, 5.74) is -0.646. The van der Waals surface area contributed by atoms with Crippen LogP contribution in [0, 0.1) is 0 Å². The summed E-state index contributed by atoms with van der Waals surface area (Å²) in [6, 6.07) is 0. The Balaban J connectivity index is 2.01.